The summed E-state index contributed by atoms with van der Waals surface area (Å²) in [7, 11) is 0. The van der Waals surface area contributed by atoms with E-state index in [1.165, 1.54) is 6.26 Å². The zero-order valence-corrected chi connectivity index (χ0v) is 10.6. The van der Waals surface area contributed by atoms with Gasteiger partial charge in [-0.1, -0.05) is 6.92 Å². The first-order valence-corrected chi connectivity index (χ1v) is 6.38. The van der Waals surface area contributed by atoms with Crippen molar-refractivity contribution in [1.82, 2.24) is 10.3 Å². The normalized spacial score (nSPS) is 16.7. The fourth-order valence-corrected chi connectivity index (χ4v) is 2.29. The number of aromatic nitrogens is 1. The van der Waals surface area contributed by atoms with Gasteiger partial charge >= 0.3 is 5.97 Å². The summed E-state index contributed by atoms with van der Waals surface area (Å²) in [5.74, 6) is -1.05. The summed E-state index contributed by atoms with van der Waals surface area (Å²) < 4.78 is 5.31. The number of carboxylic acid groups (broad SMARTS) is 1. The lowest BCUT2D eigenvalue weighted by Gasteiger charge is -2.33. The molecule has 1 aromatic heterocycles. The van der Waals surface area contributed by atoms with E-state index in [0.29, 0.717) is 12.1 Å². The SMILES string of the molecule is CCCN(c1nc(C(=O)O)co1)C1CCNCC1. The molecule has 2 rings (SSSR count). The zero-order chi connectivity index (χ0) is 13.0. The van der Waals surface area contributed by atoms with E-state index in [1.807, 2.05) is 0 Å². The molecule has 0 spiro atoms. The lowest BCUT2D eigenvalue weighted by Crippen LogP contribution is -2.43. The lowest BCUT2D eigenvalue weighted by atomic mass is 10.1. The van der Waals surface area contributed by atoms with Gasteiger partial charge in [-0.25, -0.2) is 4.79 Å². The number of rotatable bonds is 5. The number of piperidine rings is 1. The van der Waals surface area contributed by atoms with E-state index in [-0.39, 0.29) is 5.69 Å². The van der Waals surface area contributed by atoms with Crippen molar-refractivity contribution < 1.29 is 14.3 Å². The minimum Gasteiger partial charge on any atom is -0.476 e. The highest BCUT2D eigenvalue weighted by Crippen LogP contribution is 2.21. The Morgan fingerprint density at radius 2 is 2.33 bits per heavy atom. The molecule has 1 saturated heterocycles. The van der Waals surface area contributed by atoms with Gasteiger partial charge in [-0.3, -0.25) is 0 Å². The summed E-state index contributed by atoms with van der Waals surface area (Å²) in [5.41, 5.74) is -0.0277. The van der Waals surface area contributed by atoms with Crippen molar-refractivity contribution >= 4 is 12.0 Å². The van der Waals surface area contributed by atoms with E-state index < -0.39 is 5.97 Å². The minimum atomic E-state index is -1.05. The third-order valence-corrected chi connectivity index (χ3v) is 3.17. The van der Waals surface area contributed by atoms with Crippen molar-refractivity contribution in [1.29, 1.82) is 0 Å². The number of carbonyl (C=O) groups is 1. The topological polar surface area (TPSA) is 78.6 Å². The predicted octanol–water partition coefficient (Wildman–Crippen LogP) is 1.34. The molecule has 6 heteroatoms. The Morgan fingerprint density at radius 3 is 2.89 bits per heavy atom. The predicted molar refractivity (Wildman–Crippen MR) is 67.0 cm³/mol. The van der Waals surface area contributed by atoms with Crippen molar-refractivity contribution in [3.63, 3.8) is 0 Å². The third-order valence-electron chi connectivity index (χ3n) is 3.17. The van der Waals surface area contributed by atoms with Crippen molar-refractivity contribution in [3.8, 4) is 0 Å². The maximum absolute atomic E-state index is 10.8. The molecule has 0 atom stereocenters. The van der Waals surface area contributed by atoms with Crippen LogP contribution in [0.2, 0.25) is 0 Å². The van der Waals surface area contributed by atoms with Crippen molar-refractivity contribution in [2.45, 2.75) is 32.2 Å². The Balaban J connectivity index is 2.14. The Bertz CT molecular complexity index is 399. The average molecular weight is 253 g/mol. The number of nitrogens with one attached hydrogen (secondary N) is 1. The van der Waals surface area contributed by atoms with Gasteiger partial charge in [0.25, 0.3) is 6.01 Å². The molecule has 1 aromatic rings. The van der Waals surface area contributed by atoms with Crippen LogP contribution >= 0.6 is 0 Å². The Morgan fingerprint density at radius 1 is 1.61 bits per heavy atom. The molecule has 1 aliphatic rings. The molecule has 2 N–H and O–H groups in total. The average Bonchev–Trinajstić information content (AvgIpc) is 2.86. The highest BCUT2D eigenvalue weighted by molar-refractivity contribution is 5.85. The summed E-state index contributed by atoms with van der Waals surface area (Å²) in [5, 5.41) is 12.2. The van der Waals surface area contributed by atoms with E-state index in [0.717, 1.165) is 38.9 Å². The first-order chi connectivity index (χ1) is 8.72. The Kier molecular flexibility index (Phi) is 4.19. The standard InChI is InChI=1S/C12H19N3O3/c1-2-7-15(9-3-5-13-6-4-9)12-14-10(8-18-12)11(16)17/h8-9,13H,2-7H2,1H3,(H,16,17). The van der Waals surface area contributed by atoms with Crippen LogP contribution in [0.3, 0.4) is 0 Å². The first kappa shape index (κ1) is 12.9. The van der Waals surface area contributed by atoms with Crippen LogP contribution in [-0.4, -0.2) is 41.7 Å². The smallest absolute Gasteiger partial charge is 0.357 e. The van der Waals surface area contributed by atoms with Gasteiger partial charge in [-0.2, -0.15) is 4.98 Å². The number of hydrogen-bond acceptors (Lipinski definition) is 5. The van der Waals surface area contributed by atoms with Crippen molar-refractivity contribution in [2.24, 2.45) is 0 Å². The molecule has 100 valence electrons. The number of hydrogen-bond donors (Lipinski definition) is 2. The first-order valence-electron chi connectivity index (χ1n) is 6.38. The van der Waals surface area contributed by atoms with E-state index in [9.17, 15) is 4.79 Å². The number of aromatic carboxylic acids is 1. The molecular weight excluding hydrogens is 234 g/mol. The van der Waals surface area contributed by atoms with Gasteiger partial charge in [0.05, 0.1) is 0 Å². The summed E-state index contributed by atoms with van der Waals surface area (Å²) in [6.07, 6.45) is 4.26. The molecular formula is C12H19N3O3. The molecule has 0 aliphatic carbocycles. The van der Waals surface area contributed by atoms with Gasteiger partial charge in [-0.05, 0) is 32.4 Å². The van der Waals surface area contributed by atoms with Crippen LogP contribution in [-0.2, 0) is 0 Å². The summed E-state index contributed by atoms with van der Waals surface area (Å²) >= 11 is 0. The number of oxazole rings is 1. The van der Waals surface area contributed by atoms with E-state index >= 15 is 0 Å². The Hall–Kier alpha value is -1.56. The number of carboxylic acids is 1. The highest BCUT2D eigenvalue weighted by Gasteiger charge is 2.24. The van der Waals surface area contributed by atoms with Crippen LogP contribution in [0.4, 0.5) is 6.01 Å². The number of nitrogens with zero attached hydrogens (tertiary/aromatic N) is 2. The fraction of sp³-hybridized carbons (Fsp3) is 0.667. The fourth-order valence-electron chi connectivity index (χ4n) is 2.29. The molecule has 1 aliphatic heterocycles. The quantitative estimate of drug-likeness (QED) is 0.824. The van der Waals surface area contributed by atoms with Gasteiger partial charge in [0, 0.05) is 12.6 Å². The highest BCUT2D eigenvalue weighted by atomic mass is 16.4. The van der Waals surface area contributed by atoms with Gasteiger partial charge in [0.15, 0.2) is 5.69 Å². The largest absolute Gasteiger partial charge is 0.476 e. The maximum Gasteiger partial charge on any atom is 0.357 e. The van der Waals surface area contributed by atoms with Crippen LogP contribution in [0.15, 0.2) is 10.7 Å². The van der Waals surface area contributed by atoms with E-state index in [1.54, 1.807) is 0 Å². The molecule has 6 nitrogen and oxygen atoms in total. The molecule has 0 amide bonds. The second kappa shape index (κ2) is 5.86. The molecule has 0 bridgehead atoms. The van der Waals surface area contributed by atoms with Gasteiger partial charge < -0.3 is 19.7 Å². The van der Waals surface area contributed by atoms with E-state index in [2.05, 4.69) is 22.1 Å². The third kappa shape index (κ3) is 2.81. The minimum absolute atomic E-state index is 0.0277. The molecule has 18 heavy (non-hydrogen) atoms. The maximum atomic E-state index is 10.8. The lowest BCUT2D eigenvalue weighted by molar-refractivity contribution is 0.0690. The van der Waals surface area contributed by atoms with Crippen LogP contribution in [0.1, 0.15) is 36.7 Å². The molecule has 2 heterocycles. The van der Waals surface area contributed by atoms with Crippen molar-refractivity contribution in [3.05, 3.63) is 12.0 Å². The van der Waals surface area contributed by atoms with Crippen LogP contribution < -0.4 is 10.2 Å². The van der Waals surface area contributed by atoms with Gasteiger partial charge in [0.1, 0.15) is 6.26 Å². The Labute approximate surface area is 106 Å². The molecule has 0 saturated carbocycles. The van der Waals surface area contributed by atoms with Crippen LogP contribution in [0.25, 0.3) is 0 Å². The van der Waals surface area contributed by atoms with Gasteiger partial charge in [-0.15, -0.1) is 0 Å². The summed E-state index contributed by atoms with van der Waals surface area (Å²) in [6, 6.07) is 0.813. The second-order valence-electron chi connectivity index (χ2n) is 4.50. The van der Waals surface area contributed by atoms with Crippen molar-refractivity contribution in [2.75, 3.05) is 24.5 Å². The summed E-state index contributed by atoms with van der Waals surface area (Å²) in [6.45, 7) is 4.90. The molecule has 0 aromatic carbocycles. The molecule has 0 unspecified atom stereocenters. The van der Waals surface area contributed by atoms with E-state index in [4.69, 9.17) is 9.52 Å². The summed E-state index contributed by atoms with van der Waals surface area (Å²) in [4.78, 5) is 17.0. The monoisotopic (exact) mass is 253 g/mol. The molecule has 0 radical (unpaired) electrons. The van der Waals surface area contributed by atoms with Crippen LogP contribution in [0, 0.1) is 0 Å². The van der Waals surface area contributed by atoms with Crippen LogP contribution in [0.5, 0.6) is 0 Å². The molecule has 1 fully saturated rings. The zero-order valence-electron chi connectivity index (χ0n) is 10.6. The second-order valence-corrected chi connectivity index (χ2v) is 4.50. The number of anilines is 1. The van der Waals surface area contributed by atoms with Gasteiger partial charge in [0.2, 0.25) is 0 Å².